The molecule has 2 rings (SSSR count). The van der Waals surface area contributed by atoms with Crippen molar-refractivity contribution in [2.75, 3.05) is 0 Å². The van der Waals surface area contributed by atoms with Crippen LogP contribution in [0.4, 0.5) is 0 Å². The van der Waals surface area contributed by atoms with Crippen LogP contribution in [0.15, 0.2) is 36.9 Å². The molecule has 0 fully saturated rings. The fourth-order valence-corrected chi connectivity index (χ4v) is 1.50. The quantitative estimate of drug-likeness (QED) is 0.739. The van der Waals surface area contributed by atoms with Gasteiger partial charge in [-0.05, 0) is 12.1 Å². The van der Waals surface area contributed by atoms with Crippen molar-refractivity contribution in [3.8, 4) is 6.07 Å². The predicted octanol–water partition coefficient (Wildman–Crippen LogP) is 1.42. The molecule has 0 saturated carbocycles. The second kappa shape index (κ2) is 5.03. The third-order valence-corrected chi connectivity index (χ3v) is 2.31. The van der Waals surface area contributed by atoms with Gasteiger partial charge in [0, 0.05) is 36.9 Å². The van der Waals surface area contributed by atoms with Crippen LogP contribution in [-0.4, -0.2) is 20.3 Å². The molecule has 0 aliphatic carbocycles. The number of nitrogens with zero attached hydrogens (tertiary/aromatic N) is 4. The molecule has 0 aliphatic rings. The molecule has 17 heavy (non-hydrogen) atoms. The standard InChI is InChI=1S/C12H10N4O/c13-4-2-7-16-8-6-15-12(16)11(17)10-3-1-5-14-9-10/h1,3,5-6,8-9H,2,7H2. The van der Waals surface area contributed by atoms with Crippen LogP contribution >= 0.6 is 0 Å². The molecule has 2 aromatic rings. The highest BCUT2D eigenvalue weighted by Crippen LogP contribution is 2.07. The molecular weight excluding hydrogens is 216 g/mol. The number of ketones is 1. The first kappa shape index (κ1) is 11.0. The highest BCUT2D eigenvalue weighted by molar-refractivity contribution is 6.06. The molecule has 5 heteroatoms. The number of rotatable bonds is 4. The Morgan fingerprint density at radius 2 is 2.35 bits per heavy atom. The van der Waals surface area contributed by atoms with Crippen molar-refractivity contribution in [1.29, 1.82) is 5.26 Å². The Morgan fingerprint density at radius 1 is 1.47 bits per heavy atom. The first-order chi connectivity index (χ1) is 8.33. The minimum Gasteiger partial charge on any atom is -0.327 e. The lowest BCUT2D eigenvalue weighted by atomic mass is 10.2. The molecule has 0 aromatic carbocycles. The lowest BCUT2D eigenvalue weighted by Crippen LogP contribution is -2.11. The van der Waals surface area contributed by atoms with Crippen LogP contribution in [0.1, 0.15) is 22.6 Å². The Balaban J connectivity index is 2.26. The van der Waals surface area contributed by atoms with E-state index in [1.165, 1.54) is 6.20 Å². The average Bonchev–Trinajstić information content (AvgIpc) is 2.84. The van der Waals surface area contributed by atoms with Gasteiger partial charge in [-0.3, -0.25) is 9.78 Å². The number of imidazole rings is 1. The Labute approximate surface area is 98.4 Å². The molecule has 2 heterocycles. The van der Waals surface area contributed by atoms with Crippen LogP contribution in [-0.2, 0) is 6.54 Å². The fraction of sp³-hybridized carbons (Fsp3) is 0.167. The summed E-state index contributed by atoms with van der Waals surface area (Å²) in [7, 11) is 0. The third kappa shape index (κ3) is 2.37. The van der Waals surface area contributed by atoms with Crippen molar-refractivity contribution in [2.45, 2.75) is 13.0 Å². The van der Waals surface area contributed by atoms with Gasteiger partial charge in [0.25, 0.3) is 0 Å². The minimum absolute atomic E-state index is 0.180. The van der Waals surface area contributed by atoms with E-state index in [4.69, 9.17) is 5.26 Å². The largest absolute Gasteiger partial charge is 0.327 e. The lowest BCUT2D eigenvalue weighted by Gasteiger charge is -2.04. The zero-order valence-corrected chi connectivity index (χ0v) is 9.08. The van der Waals surface area contributed by atoms with Crippen LogP contribution in [0.3, 0.4) is 0 Å². The van der Waals surface area contributed by atoms with Gasteiger partial charge in [0.2, 0.25) is 5.78 Å². The van der Waals surface area contributed by atoms with Crippen molar-refractivity contribution >= 4 is 5.78 Å². The third-order valence-electron chi connectivity index (χ3n) is 2.31. The highest BCUT2D eigenvalue weighted by Gasteiger charge is 2.14. The maximum atomic E-state index is 12.1. The molecule has 84 valence electrons. The van der Waals surface area contributed by atoms with Crippen molar-refractivity contribution in [3.63, 3.8) is 0 Å². The molecule has 2 aromatic heterocycles. The van der Waals surface area contributed by atoms with E-state index >= 15 is 0 Å². The maximum absolute atomic E-state index is 12.1. The van der Waals surface area contributed by atoms with Gasteiger partial charge in [0.15, 0.2) is 5.82 Å². The second-order valence-electron chi connectivity index (χ2n) is 3.42. The first-order valence-electron chi connectivity index (χ1n) is 5.15. The summed E-state index contributed by atoms with van der Waals surface area (Å²) in [6.45, 7) is 0.470. The Hall–Kier alpha value is -2.48. The van der Waals surface area contributed by atoms with Crippen LogP contribution in [0.25, 0.3) is 0 Å². The van der Waals surface area contributed by atoms with Crippen LogP contribution in [0.5, 0.6) is 0 Å². The number of hydrogen-bond acceptors (Lipinski definition) is 4. The number of hydrogen-bond donors (Lipinski definition) is 0. The molecule has 0 atom stereocenters. The van der Waals surface area contributed by atoms with Crippen molar-refractivity contribution < 1.29 is 4.79 Å². The summed E-state index contributed by atoms with van der Waals surface area (Å²) in [6, 6.07) is 5.44. The van der Waals surface area contributed by atoms with Crippen LogP contribution < -0.4 is 0 Å². The monoisotopic (exact) mass is 226 g/mol. The number of nitriles is 1. The smallest absolute Gasteiger partial charge is 0.229 e. The number of carbonyl (C=O) groups is 1. The van der Waals surface area contributed by atoms with Gasteiger partial charge in [-0.2, -0.15) is 5.26 Å². The highest BCUT2D eigenvalue weighted by atomic mass is 16.1. The Kier molecular flexibility index (Phi) is 3.26. The Bertz CT molecular complexity index is 553. The van der Waals surface area contributed by atoms with E-state index in [0.717, 1.165) is 0 Å². The number of carbonyl (C=O) groups excluding carboxylic acids is 1. The van der Waals surface area contributed by atoms with Crippen molar-refractivity contribution in [2.24, 2.45) is 0 Å². The minimum atomic E-state index is -0.180. The molecule has 0 aliphatic heterocycles. The van der Waals surface area contributed by atoms with Gasteiger partial charge >= 0.3 is 0 Å². The summed E-state index contributed by atoms with van der Waals surface area (Å²) in [5, 5.41) is 8.53. The number of aryl methyl sites for hydroxylation is 1. The van der Waals surface area contributed by atoms with E-state index in [0.29, 0.717) is 24.4 Å². The van der Waals surface area contributed by atoms with Crippen molar-refractivity contribution in [1.82, 2.24) is 14.5 Å². The van der Waals surface area contributed by atoms with Gasteiger partial charge in [0.1, 0.15) is 0 Å². The second-order valence-corrected chi connectivity index (χ2v) is 3.42. The van der Waals surface area contributed by atoms with Crippen molar-refractivity contribution in [3.05, 3.63) is 48.3 Å². The summed E-state index contributed by atoms with van der Waals surface area (Å²) in [4.78, 5) is 20.0. The van der Waals surface area contributed by atoms with E-state index in [2.05, 4.69) is 9.97 Å². The SMILES string of the molecule is N#CCCn1ccnc1C(=O)c1cccnc1. The molecular formula is C12H10N4O. The molecule has 0 N–H and O–H groups in total. The molecule has 5 nitrogen and oxygen atoms in total. The summed E-state index contributed by atoms with van der Waals surface area (Å²) in [5.74, 6) is 0.161. The fourth-order valence-electron chi connectivity index (χ4n) is 1.50. The Morgan fingerprint density at radius 3 is 3.06 bits per heavy atom. The normalized spacial score (nSPS) is 9.82. The number of aromatic nitrogens is 3. The topological polar surface area (TPSA) is 71.6 Å². The van der Waals surface area contributed by atoms with E-state index in [1.807, 2.05) is 6.07 Å². The summed E-state index contributed by atoms with van der Waals surface area (Å²) >= 11 is 0. The van der Waals surface area contributed by atoms with Gasteiger partial charge in [-0.1, -0.05) is 0 Å². The molecule has 0 radical (unpaired) electrons. The maximum Gasteiger partial charge on any atom is 0.229 e. The molecule has 0 unspecified atom stereocenters. The van der Waals surface area contributed by atoms with E-state index in [9.17, 15) is 4.79 Å². The average molecular weight is 226 g/mol. The van der Waals surface area contributed by atoms with Gasteiger partial charge < -0.3 is 4.57 Å². The lowest BCUT2D eigenvalue weighted by molar-refractivity contribution is 0.102. The molecule has 0 amide bonds. The van der Waals surface area contributed by atoms with Gasteiger partial charge in [-0.25, -0.2) is 4.98 Å². The summed E-state index contributed by atoms with van der Waals surface area (Å²) in [5.41, 5.74) is 0.497. The molecule has 0 spiro atoms. The zero-order chi connectivity index (χ0) is 12.1. The zero-order valence-electron chi connectivity index (χ0n) is 9.08. The van der Waals surface area contributed by atoms with Gasteiger partial charge in [0.05, 0.1) is 12.5 Å². The van der Waals surface area contributed by atoms with E-state index < -0.39 is 0 Å². The first-order valence-corrected chi connectivity index (χ1v) is 5.15. The molecule has 0 bridgehead atoms. The van der Waals surface area contributed by atoms with E-state index in [1.54, 1.807) is 35.3 Å². The summed E-state index contributed by atoms with van der Waals surface area (Å²) < 4.78 is 1.68. The number of pyridine rings is 1. The molecule has 0 saturated heterocycles. The van der Waals surface area contributed by atoms with Crippen LogP contribution in [0, 0.1) is 11.3 Å². The predicted molar refractivity (Wildman–Crippen MR) is 60.1 cm³/mol. The van der Waals surface area contributed by atoms with Crippen LogP contribution in [0.2, 0.25) is 0 Å². The van der Waals surface area contributed by atoms with E-state index in [-0.39, 0.29) is 5.78 Å². The summed E-state index contributed by atoms with van der Waals surface area (Å²) in [6.07, 6.45) is 6.72. The van der Waals surface area contributed by atoms with Gasteiger partial charge in [-0.15, -0.1) is 0 Å².